The van der Waals surface area contributed by atoms with Crippen molar-refractivity contribution < 1.29 is 17.6 Å². The molecule has 2 rings (SSSR count). The van der Waals surface area contributed by atoms with Gasteiger partial charge in [0.25, 0.3) is 5.91 Å². The maximum Gasteiger partial charge on any atom is 0.255 e. The molecule has 1 aromatic heterocycles. The number of furan rings is 1. The van der Waals surface area contributed by atoms with Crippen molar-refractivity contribution in [2.45, 2.75) is 25.7 Å². The molecule has 24 heavy (non-hydrogen) atoms. The van der Waals surface area contributed by atoms with Gasteiger partial charge in [-0.3, -0.25) is 4.79 Å². The van der Waals surface area contributed by atoms with E-state index in [2.05, 4.69) is 10.0 Å². The van der Waals surface area contributed by atoms with Crippen LogP contribution in [-0.4, -0.2) is 27.4 Å². The minimum atomic E-state index is -3.66. The van der Waals surface area contributed by atoms with Gasteiger partial charge in [-0.25, -0.2) is 13.1 Å². The number of aryl methyl sites for hydroxylation is 2. The van der Waals surface area contributed by atoms with Gasteiger partial charge in [-0.2, -0.15) is 0 Å². The first-order chi connectivity index (χ1) is 11.2. The van der Waals surface area contributed by atoms with Crippen LogP contribution < -0.4 is 10.0 Å². The molecule has 0 unspecified atom stereocenters. The molecular weight excluding hydrogens is 352 g/mol. The Labute approximate surface area is 146 Å². The molecule has 0 aliphatic heterocycles. The summed E-state index contributed by atoms with van der Waals surface area (Å²) in [5, 5.41) is 3.02. The number of hydrogen-bond acceptors (Lipinski definition) is 4. The molecule has 2 N–H and O–H groups in total. The normalized spacial score (nSPS) is 11.5. The van der Waals surface area contributed by atoms with Gasteiger partial charge in [0, 0.05) is 23.7 Å². The van der Waals surface area contributed by atoms with Gasteiger partial charge in [-0.05, 0) is 39.0 Å². The number of carbonyl (C=O) groups is 1. The smallest absolute Gasteiger partial charge is 0.255 e. The van der Waals surface area contributed by atoms with Gasteiger partial charge in [-0.15, -0.1) is 0 Å². The van der Waals surface area contributed by atoms with E-state index < -0.39 is 10.0 Å². The van der Waals surface area contributed by atoms with E-state index in [4.69, 9.17) is 16.0 Å². The lowest BCUT2D eigenvalue weighted by Crippen LogP contribution is -2.35. The molecule has 0 bridgehead atoms. The molecule has 0 saturated heterocycles. The summed E-state index contributed by atoms with van der Waals surface area (Å²) in [6.07, 6.45) is 0. The third kappa shape index (κ3) is 4.17. The fourth-order valence-electron chi connectivity index (χ4n) is 2.29. The van der Waals surface area contributed by atoms with E-state index >= 15 is 0 Å². The average Bonchev–Trinajstić information content (AvgIpc) is 2.76. The van der Waals surface area contributed by atoms with Crippen LogP contribution in [0.1, 0.15) is 27.4 Å². The molecule has 1 heterocycles. The lowest BCUT2D eigenvalue weighted by Gasteiger charge is -2.08. The number of sulfonamides is 1. The Balaban J connectivity index is 1.92. The number of carbonyl (C=O) groups excluding carboxylic acids is 1. The summed E-state index contributed by atoms with van der Waals surface area (Å²) < 4.78 is 32.1. The van der Waals surface area contributed by atoms with Crippen molar-refractivity contribution in [3.8, 4) is 0 Å². The van der Waals surface area contributed by atoms with Gasteiger partial charge in [0.05, 0.1) is 10.5 Å². The van der Waals surface area contributed by atoms with Crippen LogP contribution in [0.15, 0.2) is 33.6 Å². The van der Waals surface area contributed by atoms with Crippen LogP contribution in [0.2, 0.25) is 5.02 Å². The average molecular weight is 371 g/mol. The van der Waals surface area contributed by atoms with E-state index in [1.165, 1.54) is 12.1 Å². The summed E-state index contributed by atoms with van der Waals surface area (Å²) >= 11 is 5.80. The van der Waals surface area contributed by atoms with Gasteiger partial charge in [-0.1, -0.05) is 17.7 Å². The predicted molar refractivity (Wildman–Crippen MR) is 91.9 cm³/mol. The largest absolute Gasteiger partial charge is 0.466 e. The highest BCUT2D eigenvalue weighted by molar-refractivity contribution is 7.89. The molecular formula is C16H19ClN2O4S. The number of nitrogens with one attached hydrogen (secondary N) is 2. The number of halogens is 1. The zero-order chi connectivity index (χ0) is 17.9. The van der Waals surface area contributed by atoms with Crippen molar-refractivity contribution in [3.63, 3.8) is 0 Å². The summed E-state index contributed by atoms with van der Waals surface area (Å²) in [6.45, 7) is 5.54. The molecule has 130 valence electrons. The van der Waals surface area contributed by atoms with Gasteiger partial charge in [0.2, 0.25) is 10.0 Å². The van der Waals surface area contributed by atoms with Gasteiger partial charge >= 0.3 is 0 Å². The van der Waals surface area contributed by atoms with Crippen LogP contribution in [0.25, 0.3) is 0 Å². The SMILES string of the molecule is Cc1oc(C)c(C(=O)NCCNS(=O)(=O)c2cccc(Cl)c2)c1C. The van der Waals surface area contributed by atoms with Crippen molar-refractivity contribution in [1.29, 1.82) is 0 Å². The molecule has 0 radical (unpaired) electrons. The van der Waals surface area contributed by atoms with Crippen molar-refractivity contribution in [2.24, 2.45) is 0 Å². The molecule has 2 aromatic rings. The molecule has 0 aliphatic rings. The van der Waals surface area contributed by atoms with Crippen LogP contribution in [0, 0.1) is 20.8 Å². The summed E-state index contributed by atoms with van der Waals surface area (Å²) in [5.41, 5.74) is 1.27. The van der Waals surface area contributed by atoms with Crippen LogP contribution in [0.5, 0.6) is 0 Å². The van der Waals surface area contributed by atoms with E-state index in [0.717, 1.165) is 5.56 Å². The maximum atomic E-state index is 12.2. The number of rotatable bonds is 6. The van der Waals surface area contributed by atoms with Crippen molar-refractivity contribution in [2.75, 3.05) is 13.1 Å². The van der Waals surface area contributed by atoms with E-state index in [1.807, 2.05) is 6.92 Å². The Morgan fingerprint density at radius 1 is 1.17 bits per heavy atom. The fourth-order valence-corrected chi connectivity index (χ4v) is 3.63. The molecule has 0 saturated carbocycles. The number of hydrogen-bond donors (Lipinski definition) is 2. The monoisotopic (exact) mass is 370 g/mol. The van der Waals surface area contributed by atoms with Crippen molar-refractivity contribution in [3.05, 3.63) is 51.9 Å². The minimum Gasteiger partial charge on any atom is -0.466 e. The highest BCUT2D eigenvalue weighted by atomic mass is 35.5. The molecule has 0 fully saturated rings. The highest BCUT2D eigenvalue weighted by Gasteiger charge is 2.18. The van der Waals surface area contributed by atoms with Crippen LogP contribution in [-0.2, 0) is 10.0 Å². The van der Waals surface area contributed by atoms with Crippen molar-refractivity contribution in [1.82, 2.24) is 10.0 Å². The Hall–Kier alpha value is -1.83. The Morgan fingerprint density at radius 3 is 2.46 bits per heavy atom. The number of amides is 1. The van der Waals surface area contributed by atoms with E-state index in [-0.39, 0.29) is 23.9 Å². The standard InChI is InChI=1S/C16H19ClN2O4S/c1-10-11(2)23-12(3)15(10)16(20)18-7-8-19-24(21,22)14-6-4-5-13(17)9-14/h4-6,9,19H,7-8H2,1-3H3,(H,18,20). The second-order valence-electron chi connectivity index (χ2n) is 5.33. The molecule has 0 spiro atoms. The summed E-state index contributed by atoms with van der Waals surface area (Å²) in [4.78, 5) is 12.3. The zero-order valence-corrected chi connectivity index (χ0v) is 15.2. The second kappa shape index (κ2) is 7.38. The zero-order valence-electron chi connectivity index (χ0n) is 13.6. The molecule has 1 aromatic carbocycles. The second-order valence-corrected chi connectivity index (χ2v) is 7.53. The lowest BCUT2D eigenvalue weighted by atomic mass is 10.1. The quantitative estimate of drug-likeness (QED) is 0.765. The Kier molecular flexibility index (Phi) is 5.69. The van der Waals surface area contributed by atoms with Gasteiger partial charge < -0.3 is 9.73 Å². The van der Waals surface area contributed by atoms with E-state index in [1.54, 1.807) is 26.0 Å². The van der Waals surface area contributed by atoms with Crippen LogP contribution in [0.3, 0.4) is 0 Å². The van der Waals surface area contributed by atoms with E-state index in [9.17, 15) is 13.2 Å². The molecule has 0 atom stereocenters. The fraction of sp³-hybridized carbons (Fsp3) is 0.312. The summed E-state index contributed by atoms with van der Waals surface area (Å²) in [7, 11) is -3.66. The van der Waals surface area contributed by atoms with Gasteiger partial charge in [0.1, 0.15) is 11.5 Å². The van der Waals surface area contributed by atoms with Crippen LogP contribution in [0.4, 0.5) is 0 Å². The summed E-state index contributed by atoms with van der Waals surface area (Å²) in [6, 6.07) is 5.97. The number of benzene rings is 1. The van der Waals surface area contributed by atoms with Crippen molar-refractivity contribution >= 4 is 27.5 Å². The first-order valence-electron chi connectivity index (χ1n) is 7.32. The molecule has 1 amide bonds. The highest BCUT2D eigenvalue weighted by Crippen LogP contribution is 2.20. The summed E-state index contributed by atoms with van der Waals surface area (Å²) in [5.74, 6) is 0.949. The molecule has 6 nitrogen and oxygen atoms in total. The molecule has 0 aliphatic carbocycles. The van der Waals surface area contributed by atoms with E-state index in [0.29, 0.717) is 22.1 Å². The topological polar surface area (TPSA) is 88.4 Å². The maximum absolute atomic E-state index is 12.2. The molecule has 8 heteroatoms. The Bertz CT molecular complexity index is 859. The predicted octanol–water partition coefficient (Wildman–Crippen LogP) is 2.57. The lowest BCUT2D eigenvalue weighted by molar-refractivity contribution is 0.0952. The Morgan fingerprint density at radius 2 is 1.88 bits per heavy atom. The van der Waals surface area contributed by atoms with Crippen LogP contribution >= 0.6 is 11.6 Å². The first-order valence-corrected chi connectivity index (χ1v) is 9.18. The minimum absolute atomic E-state index is 0.0650. The first kappa shape index (κ1) is 18.5. The third-order valence-electron chi connectivity index (χ3n) is 3.60. The van der Waals surface area contributed by atoms with Gasteiger partial charge in [0.15, 0.2) is 0 Å². The third-order valence-corrected chi connectivity index (χ3v) is 5.29.